The zero-order valence-corrected chi connectivity index (χ0v) is 19.1. The van der Waals surface area contributed by atoms with Gasteiger partial charge < -0.3 is 15.2 Å². The molecule has 1 fully saturated rings. The summed E-state index contributed by atoms with van der Waals surface area (Å²) in [5.74, 6) is 1.49. The molecular formula is C23H23ClN8O. The summed E-state index contributed by atoms with van der Waals surface area (Å²) in [4.78, 5) is 9.37. The number of fused-ring (bicyclic) bond motifs is 2. The van der Waals surface area contributed by atoms with E-state index in [9.17, 15) is 0 Å². The summed E-state index contributed by atoms with van der Waals surface area (Å²) in [5, 5.41) is 20.2. The van der Waals surface area contributed by atoms with E-state index in [2.05, 4.69) is 37.0 Å². The van der Waals surface area contributed by atoms with Crippen molar-refractivity contribution in [3.63, 3.8) is 0 Å². The molecule has 9 nitrogen and oxygen atoms in total. The predicted octanol–water partition coefficient (Wildman–Crippen LogP) is 4.36. The van der Waals surface area contributed by atoms with Gasteiger partial charge in [-0.15, -0.1) is 0 Å². The molecule has 0 amide bonds. The van der Waals surface area contributed by atoms with E-state index >= 15 is 0 Å². The van der Waals surface area contributed by atoms with Gasteiger partial charge in [0, 0.05) is 35.9 Å². The van der Waals surface area contributed by atoms with Crippen LogP contribution in [-0.2, 0) is 0 Å². The molecule has 1 saturated heterocycles. The van der Waals surface area contributed by atoms with E-state index in [-0.39, 0.29) is 6.04 Å². The number of hydrogen-bond acceptors (Lipinski definition) is 7. The second kappa shape index (κ2) is 7.86. The first-order chi connectivity index (χ1) is 16.1. The van der Waals surface area contributed by atoms with Gasteiger partial charge in [0.05, 0.1) is 11.2 Å². The average Bonchev–Trinajstić information content (AvgIpc) is 3.55. The Bertz CT molecular complexity index is 1460. The molecule has 0 radical (unpaired) electrons. The Morgan fingerprint density at radius 2 is 2.15 bits per heavy atom. The molecule has 1 aliphatic rings. The summed E-state index contributed by atoms with van der Waals surface area (Å²) in [6.07, 6.45) is 5.78. The van der Waals surface area contributed by atoms with E-state index < -0.39 is 0 Å². The first kappa shape index (κ1) is 20.2. The maximum atomic E-state index is 6.79. The highest BCUT2D eigenvalue weighted by Gasteiger charge is 2.22. The number of imidazole rings is 1. The number of anilines is 1. The van der Waals surface area contributed by atoms with Gasteiger partial charge in [0.1, 0.15) is 22.3 Å². The molecule has 0 aliphatic carbocycles. The van der Waals surface area contributed by atoms with Crippen molar-refractivity contribution in [3.05, 3.63) is 47.2 Å². The minimum absolute atomic E-state index is 0.286. The Balaban J connectivity index is 1.46. The fourth-order valence-electron chi connectivity index (χ4n) is 4.63. The van der Waals surface area contributed by atoms with Crippen molar-refractivity contribution in [2.75, 3.05) is 18.4 Å². The van der Waals surface area contributed by atoms with E-state index in [0.29, 0.717) is 28.0 Å². The maximum Gasteiger partial charge on any atom is 0.181 e. The van der Waals surface area contributed by atoms with Crippen LogP contribution in [-0.4, -0.2) is 48.9 Å². The fourth-order valence-corrected chi connectivity index (χ4v) is 4.89. The van der Waals surface area contributed by atoms with Crippen molar-refractivity contribution in [1.29, 1.82) is 0 Å². The largest absolute Gasteiger partial charge is 0.363 e. The van der Waals surface area contributed by atoms with Crippen molar-refractivity contribution in [2.45, 2.75) is 32.7 Å². The van der Waals surface area contributed by atoms with Gasteiger partial charge in [-0.3, -0.25) is 9.50 Å². The number of H-pyrrole nitrogens is 1. The zero-order chi connectivity index (χ0) is 22.5. The highest BCUT2D eigenvalue weighted by molar-refractivity contribution is 6.32. The van der Waals surface area contributed by atoms with Crippen LogP contribution in [0, 0.1) is 13.8 Å². The van der Waals surface area contributed by atoms with Crippen LogP contribution in [0.25, 0.3) is 39.1 Å². The second-order valence-corrected chi connectivity index (χ2v) is 8.80. The van der Waals surface area contributed by atoms with Crippen LogP contribution in [0.15, 0.2) is 35.1 Å². The van der Waals surface area contributed by atoms with E-state index in [4.69, 9.17) is 21.1 Å². The minimum atomic E-state index is 0.286. The Morgan fingerprint density at radius 3 is 2.94 bits per heavy atom. The highest BCUT2D eigenvalue weighted by Crippen LogP contribution is 2.35. The molecule has 0 saturated carbocycles. The van der Waals surface area contributed by atoms with Gasteiger partial charge >= 0.3 is 0 Å². The van der Waals surface area contributed by atoms with Crippen molar-refractivity contribution < 1.29 is 4.52 Å². The van der Waals surface area contributed by atoms with Gasteiger partial charge in [0.15, 0.2) is 11.5 Å². The first-order valence-electron chi connectivity index (χ1n) is 11.0. The van der Waals surface area contributed by atoms with Crippen LogP contribution in [0.3, 0.4) is 0 Å². The van der Waals surface area contributed by atoms with E-state index in [1.807, 2.05) is 36.6 Å². The van der Waals surface area contributed by atoms with Crippen LogP contribution in [0.4, 0.5) is 5.82 Å². The quantitative estimate of drug-likeness (QED) is 0.364. The van der Waals surface area contributed by atoms with E-state index in [1.165, 1.54) is 0 Å². The Kier molecular flexibility index (Phi) is 4.81. The van der Waals surface area contributed by atoms with Crippen LogP contribution < -0.4 is 10.6 Å². The first-order valence-corrected chi connectivity index (χ1v) is 11.4. The summed E-state index contributed by atoms with van der Waals surface area (Å²) in [6, 6.07) is 6.41. The summed E-state index contributed by atoms with van der Waals surface area (Å²) >= 11 is 6.79. The lowest BCUT2D eigenvalue weighted by Crippen LogP contribution is -2.38. The second-order valence-electron chi connectivity index (χ2n) is 8.44. The third-order valence-corrected chi connectivity index (χ3v) is 6.59. The number of halogens is 1. The minimum Gasteiger partial charge on any atom is -0.363 e. The zero-order valence-electron chi connectivity index (χ0n) is 18.3. The van der Waals surface area contributed by atoms with Gasteiger partial charge in [-0.25, -0.2) is 9.97 Å². The topological polar surface area (TPSA) is 109 Å². The lowest BCUT2D eigenvalue weighted by molar-refractivity contribution is 0.393. The third kappa shape index (κ3) is 3.35. The monoisotopic (exact) mass is 462 g/mol. The molecule has 1 atom stereocenters. The van der Waals surface area contributed by atoms with E-state index in [0.717, 1.165) is 59.4 Å². The summed E-state index contributed by atoms with van der Waals surface area (Å²) < 4.78 is 7.19. The number of piperidine rings is 1. The maximum absolute atomic E-state index is 6.79. The van der Waals surface area contributed by atoms with Crippen molar-refractivity contribution in [3.8, 4) is 22.5 Å². The molecular weight excluding hydrogens is 440 g/mol. The lowest BCUT2D eigenvalue weighted by atomic mass is 10.0. The summed E-state index contributed by atoms with van der Waals surface area (Å²) in [5.41, 5.74) is 5.76. The van der Waals surface area contributed by atoms with Crippen molar-refractivity contribution in [1.82, 2.24) is 35.0 Å². The number of aromatic nitrogens is 6. The van der Waals surface area contributed by atoms with Crippen molar-refractivity contribution in [2.24, 2.45) is 0 Å². The molecule has 1 aliphatic heterocycles. The molecule has 0 bridgehead atoms. The molecule has 168 valence electrons. The van der Waals surface area contributed by atoms with Gasteiger partial charge in [-0.1, -0.05) is 22.8 Å². The van der Waals surface area contributed by atoms with Crippen LogP contribution >= 0.6 is 11.6 Å². The molecule has 6 rings (SSSR count). The Hall–Kier alpha value is -3.43. The molecule has 0 unspecified atom stereocenters. The van der Waals surface area contributed by atoms with E-state index in [1.54, 1.807) is 6.20 Å². The third-order valence-electron chi connectivity index (χ3n) is 6.23. The Morgan fingerprint density at radius 1 is 1.24 bits per heavy atom. The van der Waals surface area contributed by atoms with Crippen molar-refractivity contribution >= 4 is 34.0 Å². The van der Waals surface area contributed by atoms with Gasteiger partial charge in [-0.05, 0) is 50.9 Å². The van der Waals surface area contributed by atoms with Crippen LogP contribution in [0.1, 0.15) is 24.3 Å². The molecule has 10 heteroatoms. The summed E-state index contributed by atoms with van der Waals surface area (Å²) in [7, 11) is 0. The standard InChI is InChI=1S/C23H23ClN8O/c1-12-18(13(2)33-31-12)14-5-6-16-17(10-14)29-30-19(16)20-21(24)32-9-8-26-23(32)22(28-20)27-15-4-3-7-25-11-15/h5-6,8-10,15,25H,3-4,7,11H2,1-2H3,(H,27,28)(H,29,30)/t15-/m0/s1. The number of nitrogens with one attached hydrogen (secondary N) is 3. The number of rotatable bonds is 4. The molecule has 0 spiro atoms. The predicted molar refractivity (Wildman–Crippen MR) is 128 cm³/mol. The van der Waals surface area contributed by atoms with Crippen LogP contribution in [0.2, 0.25) is 5.15 Å². The molecule has 3 N–H and O–H groups in total. The molecule has 33 heavy (non-hydrogen) atoms. The van der Waals surface area contributed by atoms with Gasteiger partial charge in [-0.2, -0.15) is 5.10 Å². The molecule has 5 heterocycles. The highest BCUT2D eigenvalue weighted by atomic mass is 35.5. The number of hydrogen-bond donors (Lipinski definition) is 3. The Labute approximate surface area is 194 Å². The number of nitrogens with zero attached hydrogens (tertiary/aromatic N) is 5. The molecule has 4 aromatic heterocycles. The van der Waals surface area contributed by atoms with Gasteiger partial charge in [0.25, 0.3) is 0 Å². The fraction of sp³-hybridized carbons (Fsp3) is 0.304. The average molecular weight is 463 g/mol. The normalized spacial score (nSPS) is 16.6. The number of aromatic amines is 1. The lowest BCUT2D eigenvalue weighted by Gasteiger charge is -2.24. The number of benzene rings is 1. The number of aryl methyl sites for hydroxylation is 2. The van der Waals surface area contributed by atoms with Gasteiger partial charge in [0.2, 0.25) is 0 Å². The molecule has 5 aromatic rings. The SMILES string of the molecule is Cc1noc(C)c1-c1ccc2c(-c3nc(N[C@H]4CCCNC4)c4nccn4c3Cl)n[nH]c2c1. The molecule has 1 aromatic carbocycles. The van der Waals surface area contributed by atoms with Crippen LogP contribution in [0.5, 0.6) is 0 Å². The summed E-state index contributed by atoms with van der Waals surface area (Å²) in [6.45, 7) is 5.79. The smallest absolute Gasteiger partial charge is 0.181 e.